The molecule has 0 radical (unpaired) electrons. The molecule has 0 spiro atoms. The molecule has 1 aromatic heterocycles. The molecule has 2 heterocycles. The van der Waals surface area contributed by atoms with Crippen molar-refractivity contribution < 1.29 is 14.3 Å². The fourth-order valence-corrected chi connectivity index (χ4v) is 3.33. The Morgan fingerprint density at radius 2 is 2.12 bits per heavy atom. The van der Waals surface area contributed by atoms with Crippen LogP contribution in [0, 0.1) is 0 Å². The van der Waals surface area contributed by atoms with E-state index in [4.69, 9.17) is 16.3 Å². The molecule has 1 atom stereocenters. The lowest BCUT2D eigenvalue weighted by Crippen LogP contribution is -2.39. The summed E-state index contributed by atoms with van der Waals surface area (Å²) in [5, 5.41) is 0.546. The number of esters is 1. The quantitative estimate of drug-likeness (QED) is 0.787. The van der Waals surface area contributed by atoms with E-state index in [1.165, 1.54) is 12.5 Å². The highest BCUT2D eigenvalue weighted by molar-refractivity contribution is 6.30. The lowest BCUT2D eigenvalue weighted by Gasteiger charge is -2.36. The molecular formula is C19H19ClN2O3. The van der Waals surface area contributed by atoms with Gasteiger partial charge in [-0.15, -0.1) is 0 Å². The van der Waals surface area contributed by atoms with E-state index in [1.807, 2.05) is 24.3 Å². The fourth-order valence-electron chi connectivity index (χ4n) is 3.15. The number of carbonyl (C=O) groups is 2. The van der Waals surface area contributed by atoms with Gasteiger partial charge < -0.3 is 9.64 Å². The van der Waals surface area contributed by atoms with Crippen LogP contribution in [-0.4, -0.2) is 28.3 Å². The van der Waals surface area contributed by atoms with Crippen molar-refractivity contribution in [3.05, 3.63) is 64.4 Å². The molecule has 1 aliphatic heterocycles. The standard InChI is InChI=1S/C19H19ClN2O3/c1-13(23)22-9-7-14-4-2-3-5-17(14)18(22)11-19(24)25-12-16-10-15(20)6-8-21-16/h2-6,8,10,18H,7,9,11-12H2,1H3/t18-/m0/s1. The van der Waals surface area contributed by atoms with Gasteiger partial charge in [-0.3, -0.25) is 14.6 Å². The Morgan fingerprint density at radius 1 is 1.32 bits per heavy atom. The number of ether oxygens (including phenoxy) is 1. The van der Waals surface area contributed by atoms with Crippen LogP contribution in [0.3, 0.4) is 0 Å². The summed E-state index contributed by atoms with van der Waals surface area (Å²) in [5.41, 5.74) is 2.78. The second kappa shape index (κ2) is 7.66. The summed E-state index contributed by atoms with van der Waals surface area (Å²) in [4.78, 5) is 30.1. The van der Waals surface area contributed by atoms with Gasteiger partial charge in [0.2, 0.25) is 5.91 Å². The smallest absolute Gasteiger partial charge is 0.308 e. The second-order valence-corrected chi connectivity index (χ2v) is 6.44. The largest absolute Gasteiger partial charge is 0.459 e. The molecule has 1 aromatic carbocycles. The van der Waals surface area contributed by atoms with Gasteiger partial charge >= 0.3 is 5.97 Å². The van der Waals surface area contributed by atoms with Crippen LogP contribution < -0.4 is 0 Å². The molecule has 1 amide bonds. The zero-order valence-corrected chi connectivity index (χ0v) is 14.7. The molecule has 2 aromatic rings. The summed E-state index contributed by atoms with van der Waals surface area (Å²) in [6, 6.07) is 11.0. The van der Waals surface area contributed by atoms with Gasteiger partial charge in [0.15, 0.2) is 0 Å². The number of nitrogens with zero attached hydrogens (tertiary/aromatic N) is 2. The van der Waals surface area contributed by atoms with Crippen molar-refractivity contribution in [2.45, 2.75) is 32.4 Å². The van der Waals surface area contributed by atoms with E-state index in [9.17, 15) is 9.59 Å². The number of benzene rings is 1. The molecule has 0 fully saturated rings. The monoisotopic (exact) mass is 358 g/mol. The third kappa shape index (κ3) is 4.17. The third-order valence-electron chi connectivity index (χ3n) is 4.34. The first kappa shape index (κ1) is 17.4. The number of halogens is 1. The third-order valence-corrected chi connectivity index (χ3v) is 4.57. The minimum Gasteiger partial charge on any atom is -0.459 e. The number of hydrogen-bond acceptors (Lipinski definition) is 4. The average molecular weight is 359 g/mol. The predicted molar refractivity (Wildman–Crippen MR) is 93.9 cm³/mol. The van der Waals surface area contributed by atoms with Gasteiger partial charge in [0.1, 0.15) is 6.61 Å². The summed E-state index contributed by atoms with van der Waals surface area (Å²) in [6.07, 6.45) is 2.49. The average Bonchev–Trinajstić information content (AvgIpc) is 2.60. The summed E-state index contributed by atoms with van der Waals surface area (Å²) in [5.74, 6) is -0.404. The maximum atomic E-state index is 12.3. The lowest BCUT2D eigenvalue weighted by atomic mass is 9.90. The topological polar surface area (TPSA) is 59.5 Å². The first-order valence-corrected chi connectivity index (χ1v) is 8.53. The van der Waals surface area contributed by atoms with Crippen LogP contribution in [0.5, 0.6) is 0 Å². The van der Waals surface area contributed by atoms with Crippen LogP contribution in [0.4, 0.5) is 0 Å². The van der Waals surface area contributed by atoms with E-state index < -0.39 is 0 Å². The van der Waals surface area contributed by atoms with E-state index >= 15 is 0 Å². The molecule has 0 aliphatic carbocycles. The first-order chi connectivity index (χ1) is 12.0. The molecule has 6 heteroatoms. The fraction of sp³-hybridized carbons (Fsp3) is 0.316. The Bertz CT molecular complexity index is 794. The zero-order valence-electron chi connectivity index (χ0n) is 13.9. The molecule has 0 saturated carbocycles. The van der Waals surface area contributed by atoms with Gasteiger partial charge in [-0.2, -0.15) is 0 Å². The predicted octanol–water partition coefficient (Wildman–Crippen LogP) is 3.31. The van der Waals surface area contributed by atoms with Crippen LogP contribution in [0.25, 0.3) is 0 Å². The SMILES string of the molecule is CC(=O)N1CCc2ccccc2[C@@H]1CC(=O)OCc1cc(Cl)ccn1. The molecule has 0 unspecified atom stereocenters. The van der Waals surface area contributed by atoms with Crippen molar-refractivity contribution in [2.75, 3.05) is 6.54 Å². The van der Waals surface area contributed by atoms with Crippen molar-refractivity contribution in [1.82, 2.24) is 9.88 Å². The minimum absolute atomic E-state index is 0.0381. The Morgan fingerprint density at radius 3 is 2.88 bits per heavy atom. The van der Waals surface area contributed by atoms with Gasteiger partial charge in [0.05, 0.1) is 18.2 Å². The normalized spacial score (nSPS) is 16.2. The van der Waals surface area contributed by atoms with Crippen molar-refractivity contribution in [3.63, 3.8) is 0 Å². The first-order valence-electron chi connectivity index (χ1n) is 8.15. The van der Waals surface area contributed by atoms with Gasteiger partial charge in [0.25, 0.3) is 0 Å². The van der Waals surface area contributed by atoms with Crippen LogP contribution in [0.15, 0.2) is 42.6 Å². The molecular weight excluding hydrogens is 340 g/mol. The molecule has 0 N–H and O–H groups in total. The molecule has 3 rings (SSSR count). The van der Waals surface area contributed by atoms with Crippen molar-refractivity contribution in [2.24, 2.45) is 0 Å². The van der Waals surface area contributed by atoms with E-state index in [2.05, 4.69) is 4.98 Å². The van der Waals surface area contributed by atoms with Gasteiger partial charge in [-0.1, -0.05) is 35.9 Å². The Balaban J connectivity index is 1.70. The summed E-state index contributed by atoms with van der Waals surface area (Å²) >= 11 is 5.90. The molecule has 0 saturated heterocycles. The highest BCUT2D eigenvalue weighted by Crippen LogP contribution is 2.32. The lowest BCUT2D eigenvalue weighted by molar-refractivity contribution is -0.147. The number of hydrogen-bond donors (Lipinski definition) is 0. The molecule has 0 bridgehead atoms. The highest BCUT2D eigenvalue weighted by Gasteiger charge is 2.31. The molecule has 1 aliphatic rings. The maximum Gasteiger partial charge on any atom is 0.308 e. The number of rotatable bonds is 4. The highest BCUT2D eigenvalue weighted by atomic mass is 35.5. The summed E-state index contributed by atoms with van der Waals surface area (Å²) in [7, 11) is 0. The Hall–Kier alpha value is -2.40. The number of aromatic nitrogens is 1. The number of carbonyl (C=O) groups excluding carboxylic acids is 2. The van der Waals surface area contributed by atoms with Gasteiger partial charge in [-0.05, 0) is 29.7 Å². The number of pyridine rings is 1. The van der Waals surface area contributed by atoms with E-state index in [1.54, 1.807) is 23.2 Å². The minimum atomic E-state index is -0.366. The van der Waals surface area contributed by atoms with E-state index in [-0.39, 0.29) is 30.9 Å². The Labute approximate surface area is 151 Å². The van der Waals surface area contributed by atoms with Gasteiger partial charge in [0, 0.05) is 24.7 Å². The second-order valence-electron chi connectivity index (χ2n) is 6.01. The van der Waals surface area contributed by atoms with Crippen LogP contribution in [-0.2, 0) is 27.4 Å². The zero-order chi connectivity index (χ0) is 17.8. The van der Waals surface area contributed by atoms with Crippen molar-refractivity contribution >= 4 is 23.5 Å². The summed E-state index contributed by atoms with van der Waals surface area (Å²) in [6.45, 7) is 2.20. The number of amides is 1. The van der Waals surface area contributed by atoms with Crippen molar-refractivity contribution in [1.29, 1.82) is 0 Å². The van der Waals surface area contributed by atoms with E-state index in [0.717, 1.165) is 12.0 Å². The molecule has 25 heavy (non-hydrogen) atoms. The Kier molecular flexibility index (Phi) is 5.34. The number of fused-ring (bicyclic) bond motifs is 1. The van der Waals surface area contributed by atoms with Crippen molar-refractivity contribution in [3.8, 4) is 0 Å². The molecule has 5 nitrogen and oxygen atoms in total. The molecule has 130 valence electrons. The maximum absolute atomic E-state index is 12.3. The van der Waals surface area contributed by atoms with Crippen LogP contribution in [0.2, 0.25) is 5.02 Å². The summed E-state index contributed by atoms with van der Waals surface area (Å²) < 4.78 is 5.33. The van der Waals surface area contributed by atoms with Crippen LogP contribution >= 0.6 is 11.6 Å². The van der Waals surface area contributed by atoms with Crippen LogP contribution in [0.1, 0.15) is 36.2 Å². The van der Waals surface area contributed by atoms with E-state index in [0.29, 0.717) is 17.3 Å². The van der Waals surface area contributed by atoms with Gasteiger partial charge in [-0.25, -0.2) is 0 Å².